The van der Waals surface area contributed by atoms with Crippen LogP contribution in [-0.2, 0) is 9.59 Å². The molecule has 0 spiro atoms. The molecule has 1 N–H and O–H groups in total. The lowest BCUT2D eigenvalue weighted by molar-refractivity contribution is -0.138. The van der Waals surface area contributed by atoms with Crippen LogP contribution in [0.5, 0.6) is 0 Å². The van der Waals surface area contributed by atoms with Gasteiger partial charge in [-0.25, -0.2) is 0 Å². The van der Waals surface area contributed by atoms with E-state index in [1.54, 1.807) is 11.8 Å². The van der Waals surface area contributed by atoms with Gasteiger partial charge in [-0.3, -0.25) is 9.59 Å². The van der Waals surface area contributed by atoms with Crippen LogP contribution in [0.1, 0.15) is 13.8 Å². The molecule has 1 saturated heterocycles. The molecular formula is C19H23N3O2. The lowest BCUT2D eigenvalue weighted by atomic mass is 10.1. The van der Waals surface area contributed by atoms with Crippen molar-refractivity contribution in [2.45, 2.75) is 19.9 Å². The lowest BCUT2D eigenvalue weighted by Gasteiger charge is -2.35. The minimum absolute atomic E-state index is 0.0736. The number of nitrogens with one attached hydrogen (secondary N) is 1. The molecule has 1 heterocycles. The molecule has 0 aromatic heterocycles. The highest BCUT2D eigenvalue weighted by Crippen LogP contribution is 2.19. The summed E-state index contributed by atoms with van der Waals surface area (Å²) in [5, 5.41) is 5.63. The summed E-state index contributed by atoms with van der Waals surface area (Å²) in [4.78, 5) is 27.6. The molecule has 2 aromatic carbocycles. The first-order chi connectivity index (χ1) is 11.5. The maximum Gasteiger partial charge on any atom is 0.244 e. The molecule has 0 unspecified atom stereocenters. The molecule has 0 radical (unpaired) electrons. The van der Waals surface area contributed by atoms with Crippen LogP contribution in [0.2, 0.25) is 0 Å². The van der Waals surface area contributed by atoms with Crippen molar-refractivity contribution in [3.05, 3.63) is 42.5 Å². The number of fused-ring (bicyclic) bond motifs is 1. The van der Waals surface area contributed by atoms with Crippen molar-refractivity contribution in [3.63, 3.8) is 0 Å². The van der Waals surface area contributed by atoms with Crippen LogP contribution in [-0.4, -0.2) is 53.8 Å². The number of amides is 2. The Hall–Kier alpha value is -2.56. The molecule has 1 atom stereocenters. The quantitative estimate of drug-likeness (QED) is 0.942. The summed E-state index contributed by atoms with van der Waals surface area (Å²) < 4.78 is 0. The maximum atomic E-state index is 12.6. The SMILES string of the molecule is CC(=O)N1CCN(C(=O)[C@@H](C)Nc2ccc3ccccc3c2)CC1. The third kappa shape index (κ3) is 3.50. The number of anilines is 1. The van der Waals surface area contributed by atoms with E-state index in [0.29, 0.717) is 26.2 Å². The van der Waals surface area contributed by atoms with Crippen LogP contribution in [0.4, 0.5) is 5.69 Å². The molecule has 1 aliphatic heterocycles. The number of rotatable bonds is 3. The number of benzene rings is 2. The molecule has 5 nitrogen and oxygen atoms in total. The van der Waals surface area contributed by atoms with Gasteiger partial charge in [0, 0.05) is 38.8 Å². The van der Waals surface area contributed by atoms with Crippen molar-refractivity contribution < 1.29 is 9.59 Å². The molecular weight excluding hydrogens is 302 g/mol. The summed E-state index contributed by atoms with van der Waals surface area (Å²) >= 11 is 0. The van der Waals surface area contributed by atoms with Gasteiger partial charge < -0.3 is 15.1 Å². The highest BCUT2D eigenvalue weighted by molar-refractivity contribution is 5.88. The fourth-order valence-electron chi connectivity index (χ4n) is 3.11. The zero-order chi connectivity index (χ0) is 17.1. The van der Waals surface area contributed by atoms with Gasteiger partial charge in [-0.1, -0.05) is 30.3 Å². The van der Waals surface area contributed by atoms with Crippen LogP contribution in [0.15, 0.2) is 42.5 Å². The fourth-order valence-corrected chi connectivity index (χ4v) is 3.11. The van der Waals surface area contributed by atoms with E-state index in [0.717, 1.165) is 11.1 Å². The first-order valence-electron chi connectivity index (χ1n) is 8.34. The number of hydrogen-bond donors (Lipinski definition) is 1. The molecule has 1 fully saturated rings. The smallest absolute Gasteiger partial charge is 0.244 e. The summed E-state index contributed by atoms with van der Waals surface area (Å²) in [6, 6.07) is 14.0. The molecule has 0 saturated carbocycles. The molecule has 126 valence electrons. The minimum atomic E-state index is -0.296. The second-order valence-corrected chi connectivity index (χ2v) is 6.26. The summed E-state index contributed by atoms with van der Waals surface area (Å²) in [7, 11) is 0. The monoisotopic (exact) mass is 325 g/mol. The second kappa shape index (κ2) is 6.91. The van der Waals surface area contributed by atoms with Gasteiger partial charge in [-0.2, -0.15) is 0 Å². The van der Waals surface area contributed by atoms with Crippen LogP contribution >= 0.6 is 0 Å². The van der Waals surface area contributed by atoms with Crippen molar-refractivity contribution >= 4 is 28.3 Å². The van der Waals surface area contributed by atoms with Crippen molar-refractivity contribution in [3.8, 4) is 0 Å². The summed E-state index contributed by atoms with van der Waals surface area (Å²) in [6.45, 7) is 5.88. The van der Waals surface area contributed by atoms with Gasteiger partial charge in [0.25, 0.3) is 0 Å². The van der Waals surface area contributed by atoms with Crippen molar-refractivity contribution in [1.82, 2.24) is 9.80 Å². The lowest BCUT2D eigenvalue weighted by Crippen LogP contribution is -2.53. The maximum absolute atomic E-state index is 12.6. The third-order valence-corrected chi connectivity index (χ3v) is 4.54. The number of nitrogens with zero attached hydrogens (tertiary/aromatic N) is 2. The standard InChI is InChI=1S/C19H23N3O2/c1-14(19(24)22-11-9-21(10-12-22)15(2)23)20-18-8-7-16-5-3-4-6-17(16)13-18/h3-8,13-14,20H,9-12H2,1-2H3/t14-/m1/s1. The van der Waals surface area contributed by atoms with Crippen LogP contribution in [0, 0.1) is 0 Å². The molecule has 2 amide bonds. The third-order valence-electron chi connectivity index (χ3n) is 4.54. The van der Waals surface area contributed by atoms with Crippen molar-refractivity contribution in [2.24, 2.45) is 0 Å². The number of piperazine rings is 1. The molecule has 3 rings (SSSR count). The van der Waals surface area contributed by atoms with Crippen LogP contribution in [0.3, 0.4) is 0 Å². The van der Waals surface area contributed by atoms with E-state index in [-0.39, 0.29) is 17.9 Å². The average Bonchev–Trinajstić information content (AvgIpc) is 2.61. The molecule has 0 aliphatic carbocycles. The predicted octanol–water partition coefficient (Wildman–Crippen LogP) is 2.33. The van der Waals surface area contributed by atoms with Crippen LogP contribution in [0.25, 0.3) is 10.8 Å². The van der Waals surface area contributed by atoms with Crippen molar-refractivity contribution in [2.75, 3.05) is 31.5 Å². The van der Waals surface area contributed by atoms with Gasteiger partial charge in [0.05, 0.1) is 0 Å². The Bertz CT molecular complexity index is 751. The fraction of sp³-hybridized carbons (Fsp3) is 0.368. The molecule has 24 heavy (non-hydrogen) atoms. The molecule has 1 aliphatic rings. The normalized spacial score (nSPS) is 16.1. The largest absolute Gasteiger partial charge is 0.374 e. The first kappa shape index (κ1) is 16.3. The van der Waals surface area contributed by atoms with Crippen LogP contribution < -0.4 is 5.32 Å². The average molecular weight is 325 g/mol. The Balaban J connectivity index is 1.62. The van der Waals surface area contributed by atoms with Gasteiger partial charge in [0.2, 0.25) is 11.8 Å². The second-order valence-electron chi connectivity index (χ2n) is 6.26. The Labute approximate surface area is 142 Å². The molecule has 0 bridgehead atoms. The van der Waals surface area contributed by atoms with E-state index >= 15 is 0 Å². The van der Waals surface area contributed by atoms with E-state index in [9.17, 15) is 9.59 Å². The minimum Gasteiger partial charge on any atom is -0.374 e. The van der Waals surface area contributed by atoms with E-state index in [1.165, 1.54) is 5.39 Å². The Morgan fingerprint density at radius 2 is 1.58 bits per heavy atom. The zero-order valence-corrected chi connectivity index (χ0v) is 14.2. The van der Waals surface area contributed by atoms with E-state index in [4.69, 9.17) is 0 Å². The van der Waals surface area contributed by atoms with Gasteiger partial charge >= 0.3 is 0 Å². The predicted molar refractivity (Wildman–Crippen MR) is 95.9 cm³/mol. The summed E-state index contributed by atoms with van der Waals surface area (Å²) in [5.41, 5.74) is 0.942. The van der Waals surface area contributed by atoms with Gasteiger partial charge in [0.15, 0.2) is 0 Å². The number of hydrogen-bond acceptors (Lipinski definition) is 3. The van der Waals surface area contributed by atoms with E-state index in [1.807, 2.05) is 30.0 Å². The zero-order valence-electron chi connectivity index (χ0n) is 14.2. The number of carbonyl (C=O) groups is 2. The van der Waals surface area contributed by atoms with Gasteiger partial charge in [-0.15, -0.1) is 0 Å². The van der Waals surface area contributed by atoms with E-state index < -0.39 is 0 Å². The topological polar surface area (TPSA) is 52.7 Å². The highest BCUT2D eigenvalue weighted by Gasteiger charge is 2.25. The Kier molecular flexibility index (Phi) is 4.69. The first-order valence-corrected chi connectivity index (χ1v) is 8.34. The van der Waals surface area contributed by atoms with E-state index in [2.05, 4.69) is 29.6 Å². The Morgan fingerprint density at radius 3 is 2.25 bits per heavy atom. The summed E-state index contributed by atoms with van der Waals surface area (Å²) in [6.07, 6.45) is 0. The summed E-state index contributed by atoms with van der Waals surface area (Å²) in [5.74, 6) is 0.149. The van der Waals surface area contributed by atoms with Crippen molar-refractivity contribution in [1.29, 1.82) is 0 Å². The molecule has 5 heteroatoms. The Morgan fingerprint density at radius 1 is 0.958 bits per heavy atom. The van der Waals surface area contributed by atoms with Gasteiger partial charge in [-0.05, 0) is 29.8 Å². The number of carbonyl (C=O) groups excluding carboxylic acids is 2. The van der Waals surface area contributed by atoms with Gasteiger partial charge in [0.1, 0.15) is 6.04 Å². The highest BCUT2D eigenvalue weighted by atomic mass is 16.2. The molecule has 2 aromatic rings.